The first-order valence-corrected chi connectivity index (χ1v) is 10.8. The Morgan fingerprint density at radius 1 is 1.18 bits per heavy atom. The monoisotopic (exact) mass is 448 g/mol. The molecule has 1 aromatic carbocycles. The first kappa shape index (κ1) is 21.4. The highest BCUT2D eigenvalue weighted by Gasteiger charge is 2.26. The molecule has 0 bridgehead atoms. The van der Waals surface area contributed by atoms with Crippen LogP contribution in [-0.4, -0.2) is 74.6 Å². The predicted octanol–water partition coefficient (Wildman–Crippen LogP) is 0.579. The van der Waals surface area contributed by atoms with Gasteiger partial charge in [-0.3, -0.25) is 0 Å². The summed E-state index contributed by atoms with van der Waals surface area (Å²) in [6.07, 6.45) is 3.32. The number of rotatable bonds is 6. The third-order valence-corrected chi connectivity index (χ3v) is 5.90. The van der Waals surface area contributed by atoms with Gasteiger partial charge in [0, 0.05) is 18.0 Å². The topological polar surface area (TPSA) is 111 Å². The summed E-state index contributed by atoms with van der Waals surface area (Å²) in [6, 6.07) is 11.5. The Labute approximate surface area is 191 Å². The van der Waals surface area contributed by atoms with Gasteiger partial charge in [0.25, 0.3) is 0 Å². The zero-order valence-electron chi connectivity index (χ0n) is 18.5. The highest BCUT2D eigenvalue weighted by Crippen LogP contribution is 2.23. The number of fused-ring (bicyclic) bond motifs is 1. The molecule has 5 rings (SSSR count). The SMILES string of the molecule is COc1ccc(Cn2nccc2-n2ncc3c(B(O)O)cc(N4CCOC[C@H]4C)nc32)cc1. The minimum Gasteiger partial charge on any atom is -0.497 e. The van der Waals surface area contributed by atoms with Crippen molar-refractivity contribution in [3.8, 4) is 11.6 Å². The minimum atomic E-state index is -1.65. The lowest BCUT2D eigenvalue weighted by atomic mass is 9.79. The molecule has 4 heterocycles. The molecule has 0 saturated carbocycles. The number of methoxy groups -OCH3 is 1. The second-order valence-corrected chi connectivity index (χ2v) is 8.05. The molecule has 33 heavy (non-hydrogen) atoms. The first-order valence-electron chi connectivity index (χ1n) is 10.8. The Morgan fingerprint density at radius 2 is 2.00 bits per heavy atom. The van der Waals surface area contributed by atoms with E-state index in [9.17, 15) is 10.0 Å². The molecular weight excluding hydrogens is 423 g/mol. The van der Waals surface area contributed by atoms with E-state index in [1.807, 2.05) is 35.0 Å². The van der Waals surface area contributed by atoms with Crippen LogP contribution in [0.2, 0.25) is 0 Å². The number of anilines is 1. The highest BCUT2D eigenvalue weighted by molar-refractivity contribution is 6.62. The molecule has 170 valence electrons. The van der Waals surface area contributed by atoms with Gasteiger partial charge in [0.05, 0.1) is 45.3 Å². The molecule has 1 saturated heterocycles. The second kappa shape index (κ2) is 8.85. The maximum atomic E-state index is 10.1. The van der Waals surface area contributed by atoms with E-state index in [0.29, 0.717) is 48.6 Å². The molecule has 2 N–H and O–H groups in total. The first-order chi connectivity index (χ1) is 16.0. The van der Waals surface area contributed by atoms with E-state index >= 15 is 0 Å². The van der Waals surface area contributed by atoms with Gasteiger partial charge in [-0.25, -0.2) is 9.67 Å². The molecule has 0 spiro atoms. The van der Waals surface area contributed by atoms with Gasteiger partial charge in [-0.1, -0.05) is 12.1 Å². The lowest BCUT2D eigenvalue weighted by molar-refractivity contribution is 0.0986. The van der Waals surface area contributed by atoms with Gasteiger partial charge >= 0.3 is 7.12 Å². The number of hydrogen-bond acceptors (Lipinski definition) is 8. The van der Waals surface area contributed by atoms with Crippen molar-refractivity contribution < 1.29 is 19.5 Å². The number of benzene rings is 1. The Balaban J connectivity index is 1.57. The summed E-state index contributed by atoms with van der Waals surface area (Å²) in [7, 11) is -0.00705. The van der Waals surface area contributed by atoms with Crippen molar-refractivity contribution in [3.05, 3.63) is 54.4 Å². The number of pyridine rings is 1. The van der Waals surface area contributed by atoms with Gasteiger partial charge in [0.1, 0.15) is 11.6 Å². The molecule has 4 aromatic rings. The fraction of sp³-hybridized carbons (Fsp3) is 0.318. The van der Waals surface area contributed by atoms with Crippen molar-refractivity contribution in [3.63, 3.8) is 0 Å². The van der Waals surface area contributed by atoms with Crippen LogP contribution in [0.15, 0.2) is 48.8 Å². The number of morpholine rings is 1. The zero-order valence-corrected chi connectivity index (χ0v) is 18.5. The summed E-state index contributed by atoms with van der Waals surface area (Å²) < 4.78 is 14.3. The van der Waals surface area contributed by atoms with Gasteiger partial charge in [-0.15, -0.1) is 0 Å². The zero-order chi connectivity index (χ0) is 22.9. The predicted molar refractivity (Wildman–Crippen MR) is 124 cm³/mol. The fourth-order valence-corrected chi connectivity index (χ4v) is 4.14. The third kappa shape index (κ3) is 4.06. The van der Waals surface area contributed by atoms with E-state index in [4.69, 9.17) is 14.5 Å². The van der Waals surface area contributed by atoms with Crippen molar-refractivity contribution in [1.82, 2.24) is 24.5 Å². The number of hydrogen-bond donors (Lipinski definition) is 2. The van der Waals surface area contributed by atoms with Gasteiger partial charge < -0.3 is 24.4 Å². The molecule has 0 radical (unpaired) electrons. The summed E-state index contributed by atoms with van der Waals surface area (Å²) >= 11 is 0. The summed E-state index contributed by atoms with van der Waals surface area (Å²) in [5, 5.41) is 29.7. The molecule has 0 aliphatic carbocycles. The van der Waals surface area contributed by atoms with Gasteiger partial charge in [0.2, 0.25) is 0 Å². The molecule has 11 heteroatoms. The Hall–Kier alpha value is -3.41. The summed E-state index contributed by atoms with van der Waals surface area (Å²) in [5.41, 5.74) is 1.95. The van der Waals surface area contributed by atoms with Crippen LogP contribution in [0.5, 0.6) is 5.75 Å². The Kier molecular flexibility index (Phi) is 5.75. The molecule has 10 nitrogen and oxygen atoms in total. The maximum Gasteiger partial charge on any atom is 0.489 e. The van der Waals surface area contributed by atoms with E-state index < -0.39 is 7.12 Å². The molecule has 1 aliphatic heterocycles. The second-order valence-electron chi connectivity index (χ2n) is 8.05. The normalized spacial score (nSPS) is 16.4. The average Bonchev–Trinajstić information content (AvgIpc) is 3.45. The van der Waals surface area contributed by atoms with Crippen LogP contribution in [0.25, 0.3) is 16.9 Å². The maximum absolute atomic E-state index is 10.1. The van der Waals surface area contributed by atoms with Crippen molar-refractivity contribution >= 4 is 29.4 Å². The highest BCUT2D eigenvalue weighted by atomic mass is 16.5. The fourth-order valence-electron chi connectivity index (χ4n) is 4.14. The molecule has 0 unspecified atom stereocenters. The van der Waals surface area contributed by atoms with Gasteiger partial charge in [-0.2, -0.15) is 14.9 Å². The van der Waals surface area contributed by atoms with E-state index in [2.05, 4.69) is 22.0 Å². The lowest BCUT2D eigenvalue weighted by Crippen LogP contribution is -2.45. The van der Waals surface area contributed by atoms with E-state index in [1.165, 1.54) is 0 Å². The molecule has 3 aromatic heterocycles. The van der Waals surface area contributed by atoms with Crippen LogP contribution in [0.4, 0.5) is 5.82 Å². The van der Waals surface area contributed by atoms with Crippen LogP contribution in [0.1, 0.15) is 12.5 Å². The number of aromatic nitrogens is 5. The van der Waals surface area contributed by atoms with Crippen LogP contribution in [0.3, 0.4) is 0 Å². The molecule has 1 fully saturated rings. The van der Waals surface area contributed by atoms with Crippen molar-refractivity contribution in [2.45, 2.75) is 19.5 Å². The largest absolute Gasteiger partial charge is 0.497 e. The Morgan fingerprint density at radius 3 is 2.73 bits per heavy atom. The van der Waals surface area contributed by atoms with E-state index in [0.717, 1.165) is 17.1 Å². The minimum absolute atomic E-state index is 0.115. The lowest BCUT2D eigenvalue weighted by Gasteiger charge is -2.34. The molecule has 1 aliphatic rings. The molecule has 1 atom stereocenters. The summed E-state index contributed by atoms with van der Waals surface area (Å²) in [5.74, 6) is 2.17. The number of ether oxygens (including phenoxy) is 2. The van der Waals surface area contributed by atoms with Crippen molar-refractivity contribution in [1.29, 1.82) is 0 Å². The standard InChI is InChI=1S/C22H25BN6O4/c1-15-14-33-10-9-27(15)20-11-19(23(30)31)18-12-25-29(22(18)26-20)21-7-8-24-28(21)13-16-3-5-17(32-2)6-4-16/h3-8,11-12,15,30-31H,9-10,13-14H2,1-2H3/t15-/m1/s1. The smallest absolute Gasteiger partial charge is 0.489 e. The molecular formula is C22H25BN6O4. The van der Waals surface area contributed by atoms with Crippen LogP contribution in [0, 0.1) is 0 Å². The summed E-state index contributed by atoms with van der Waals surface area (Å²) in [4.78, 5) is 6.98. The third-order valence-electron chi connectivity index (χ3n) is 5.90. The van der Waals surface area contributed by atoms with Crippen molar-refractivity contribution in [2.24, 2.45) is 0 Å². The van der Waals surface area contributed by atoms with Crippen LogP contribution >= 0.6 is 0 Å². The van der Waals surface area contributed by atoms with Crippen LogP contribution < -0.4 is 15.1 Å². The van der Waals surface area contributed by atoms with Crippen LogP contribution in [-0.2, 0) is 11.3 Å². The van der Waals surface area contributed by atoms with Crippen molar-refractivity contribution in [2.75, 3.05) is 31.8 Å². The quantitative estimate of drug-likeness (QED) is 0.413. The Bertz CT molecular complexity index is 1260. The average molecular weight is 448 g/mol. The number of nitrogens with zero attached hydrogens (tertiary/aromatic N) is 6. The molecule has 0 amide bonds. The van der Waals surface area contributed by atoms with Gasteiger partial charge in [-0.05, 0) is 36.1 Å². The summed E-state index contributed by atoms with van der Waals surface area (Å²) in [6.45, 7) is 4.44. The van der Waals surface area contributed by atoms with E-state index in [1.54, 1.807) is 30.3 Å². The van der Waals surface area contributed by atoms with Gasteiger partial charge in [0.15, 0.2) is 11.5 Å². The van der Waals surface area contributed by atoms with E-state index in [-0.39, 0.29) is 6.04 Å².